The highest BCUT2D eigenvalue weighted by Gasteiger charge is 2.33. The molecule has 1 aromatic heterocycles. The van der Waals surface area contributed by atoms with E-state index in [-0.39, 0.29) is 11.2 Å². The molecule has 0 spiro atoms. The highest BCUT2D eigenvalue weighted by atomic mass is 32.2. The number of para-hydroxylation sites is 1. The van der Waals surface area contributed by atoms with Crippen LogP contribution in [0.5, 0.6) is 0 Å². The van der Waals surface area contributed by atoms with Gasteiger partial charge in [0.05, 0.1) is 5.25 Å². The molecule has 0 bridgehead atoms. The maximum absolute atomic E-state index is 12.8. The van der Waals surface area contributed by atoms with Crippen LogP contribution in [0.1, 0.15) is 49.8 Å². The summed E-state index contributed by atoms with van der Waals surface area (Å²) in [4.78, 5) is 15.1. The summed E-state index contributed by atoms with van der Waals surface area (Å²) in [5, 5.41) is 12.6. The van der Waals surface area contributed by atoms with E-state index in [9.17, 15) is 4.79 Å². The summed E-state index contributed by atoms with van der Waals surface area (Å²) < 4.78 is 2.26. The minimum Gasteiger partial charge on any atom is -0.341 e. The van der Waals surface area contributed by atoms with Crippen LogP contribution in [-0.2, 0) is 4.79 Å². The number of amides is 1. The number of aryl methyl sites for hydroxylation is 2. The van der Waals surface area contributed by atoms with Gasteiger partial charge in [-0.15, -0.1) is 10.2 Å². The van der Waals surface area contributed by atoms with Crippen molar-refractivity contribution in [3.8, 4) is 0 Å². The summed E-state index contributed by atoms with van der Waals surface area (Å²) in [5.41, 5.74) is 3.08. The second-order valence-corrected chi connectivity index (χ2v) is 8.90. The molecular weight excluding hydrogens is 358 g/mol. The Morgan fingerprint density at radius 3 is 2.48 bits per heavy atom. The number of hydrogen-bond donors (Lipinski definition) is 1. The van der Waals surface area contributed by atoms with E-state index in [4.69, 9.17) is 0 Å². The van der Waals surface area contributed by atoms with E-state index in [1.807, 2.05) is 39.0 Å². The maximum Gasteiger partial charge on any atom is 0.237 e. The summed E-state index contributed by atoms with van der Waals surface area (Å²) in [6.45, 7) is 8.09. The van der Waals surface area contributed by atoms with E-state index in [2.05, 4.69) is 25.0 Å². The van der Waals surface area contributed by atoms with Gasteiger partial charge in [-0.3, -0.25) is 9.36 Å². The molecule has 0 radical (unpaired) electrons. The van der Waals surface area contributed by atoms with Crippen molar-refractivity contribution in [1.29, 1.82) is 0 Å². The Morgan fingerprint density at radius 2 is 1.85 bits per heavy atom. The summed E-state index contributed by atoms with van der Waals surface area (Å²) in [6.07, 6.45) is 4.79. The van der Waals surface area contributed by atoms with Crippen molar-refractivity contribution in [3.05, 3.63) is 29.3 Å². The number of nitrogens with zero attached hydrogens (tertiary/aromatic N) is 4. The van der Waals surface area contributed by atoms with Crippen molar-refractivity contribution in [3.63, 3.8) is 0 Å². The van der Waals surface area contributed by atoms with E-state index in [0.29, 0.717) is 6.04 Å². The number of benzene rings is 1. The second kappa shape index (κ2) is 7.54. The van der Waals surface area contributed by atoms with Gasteiger partial charge >= 0.3 is 0 Å². The third kappa shape index (κ3) is 3.83. The molecule has 1 aliphatic carbocycles. The van der Waals surface area contributed by atoms with E-state index >= 15 is 0 Å². The highest BCUT2D eigenvalue weighted by molar-refractivity contribution is 8.00. The third-order valence-corrected chi connectivity index (χ3v) is 6.39. The number of nitrogens with one attached hydrogen (secondary N) is 1. The van der Waals surface area contributed by atoms with E-state index in [1.54, 1.807) is 0 Å². The SMILES string of the molecule is Cc1cccc(C)c1NC(=O)C(C)Sc1nnc(N2CCCC2)n1C1CC1. The maximum atomic E-state index is 12.8. The monoisotopic (exact) mass is 385 g/mol. The molecule has 2 fully saturated rings. The fourth-order valence-electron chi connectivity index (χ4n) is 3.58. The molecule has 1 aromatic carbocycles. The van der Waals surface area contributed by atoms with Gasteiger partial charge in [-0.2, -0.15) is 0 Å². The van der Waals surface area contributed by atoms with Gasteiger partial charge in [-0.1, -0.05) is 30.0 Å². The number of thioether (sulfide) groups is 1. The standard InChI is InChI=1S/C20H27N5OS/c1-13-7-6-8-14(2)17(13)21-18(26)15(3)27-20-23-22-19(24-11-4-5-12-24)25(20)16-9-10-16/h6-8,15-16H,4-5,9-12H2,1-3H3,(H,21,26). The van der Waals surface area contributed by atoms with Crippen LogP contribution in [0.15, 0.2) is 23.4 Å². The lowest BCUT2D eigenvalue weighted by Gasteiger charge is -2.19. The number of hydrogen-bond acceptors (Lipinski definition) is 5. The van der Waals surface area contributed by atoms with Gasteiger partial charge in [0, 0.05) is 24.8 Å². The topological polar surface area (TPSA) is 63.1 Å². The minimum absolute atomic E-state index is 0.00506. The molecular formula is C20H27N5OS. The van der Waals surface area contributed by atoms with E-state index < -0.39 is 0 Å². The zero-order valence-electron chi connectivity index (χ0n) is 16.2. The quantitative estimate of drug-likeness (QED) is 0.763. The highest BCUT2D eigenvalue weighted by Crippen LogP contribution is 2.42. The van der Waals surface area contributed by atoms with Gasteiger partial charge < -0.3 is 10.2 Å². The van der Waals surface area contributed by atoms with Crippen LogP contribution < -0.4 is 10.2 Å². The first-order chi connectivity index (χ1) is 13.0. The molecule has 27 heavy (non-hydrogen) atoms. The lowest BCUT2D eigenvalue weighted by Crippen LogP contribution is -2.24. The van der Waals surface area contributed by atoms with Crippen LogP contribution in [0.25, 0.3) is 0 Å². The Morgan fingerprint density at radius 1 is 1.19 bits per heavy atom. The molecule has 144 valence electrons. The van der Waals surface area contributed by atoms with Crippen LogP contribution in [-0.4, -0.2) is 39.0 Å². The number of carbonyl (C=O) groups is 1. The van der Waals surface area contributed by atoms with Gasteiger partial charge in [-0.25, -0.2) is 0 Å². The van der Waals surface area contributed by atoms with Crippen molar-refractivity contribution in [1.82, 2.24) is 14.8 Å². The molecule has 1 saturated carbocycles. The molecule has 1 aliphatic heterocycles. The minimum atomic E-state index is -0.239. The van der Waals surface area contributed by atoms with Crippen molar-refractivity contribution >= 4 is 29.3 Å². The van der Waals surface area contributed by atoms with Gasteiger partial charge in [0.25, 0.3) is 0 Å². The third-order valence-electron chi connectivity index (χ3n) is 5.33. The van der Waals surface area contributed by atoms with Crippen molar-refractivity contribution in [2.75, 3.05) is 23.3 Å². The first kappa shape index (κ1) is 18.3. The predicted octanol–water partition coefficient (Wildman–Crippen LogP) is 3.95. The molecule has 7 heteroatoms. The van der Waals surface area contributed by atoms with Gasteiger partial charge in [0.2, 0.25) is 11.9 Å². The second-order valence-electron chi connectivity index (χ2n) is 7.59. The molecule has 2 aliphatic rings. The predicted molar refractivity (Wildman–Crippen MR) is 110 cm³/mol. The summed E-state index contributed by atoms with van der Waals surface area (Å²) in [7, 11) is 0. The molecule has 1 N–H and O–H groups in total. The van der Waals surface area contributed by atoms with Crippen molar-refractivity contribution < 1.29 is 4.79 Å². The zero-order chi connectivity index (χ0) is 19.0. The largest absolute Gasteiger partial charge is 0.341 e. The molecule has 1 atom stereocenters. The van der Waals surface area contributed by atoms with Crippen LogP contribution >= 0.6 is 11.8 Å². The molecule has 1 saturated heterocycles. The Balaban J connectivity index is 1.49. The summed E-state index contributed by atoms with van der Waals surface area (Å²) >= 11 is 1.51. The van der Waals surface area contributed by atoms with Crippen molar-refractivity contribution in [2.45, 2.75) is 62.9 Å². The molecule has 6 nitrogen and oxygen atoms in total. The molecule has 4 rings (SSSR count). The van der Waals surface area contributed by atoms with E-state index in [0.717, 1.165) is 41.0 Å². The van der Waals surface area contributed by atoms with Gasteiger partial charge in [0.1, 0.15) is 0 Å². The average molecular weight is 386 g/mol. The smallest absolute Gasteiger partial charge is 0.237 e. The van der Waals surface area contributed by atoms with Crippen LogP contribution in [0.2, 0.25) is 0 Å². The first-order valence-corrected chi connectivity index (χ1v) is 10.7. The molecule has 1 amide bonds. The zero-order valence-corrected chi connectivity index (χ0v) is 17.1. The van der Waals surface area contributed by atoms with Crippen LogP contribution in [0, 0.1) is 13.8 Å². The summed E-state index contributed by atoms with van der Waals surface area (Å²) in [6, 6.07) is 6.54. The molecule has 1 unspecified atom stereocenters. The Kier molecular flexibility index (Phi) is 5.12. The lowest BCUT2D eigenvalue weighted by molar-refractivity contribution is -0.115. The Bertz CT molecular complexity index is 819. The average Bonchev–Trinajstić information content (AvgIpc) is 3.17. The van der Waals surface area contributed by atoms with Crippen molar-refractivity contribution in [2.24, 2.45) is 0 Å². The normalized spacial score (nSPS) is 18.0. The summed E-state index contributed by atoms with van der Waals surface area (Å²) in [5.74, 6) is 0.991. The van der Waals surface area contributed by atoms with Gasteiger partial charge in [0.15, 0.2) is 5.16 Å². The number of anilines is 2. The Hall–Kier alpha value is -2.02. The van der Waals surface area contributed by atoms with Crippen LogP contribution in [0.4, 0.5) is 11.6 Å². The molecule has 2 heterocycles. The van der Waals surface area contributed by atoms with E-state index in [1.165, 1.54) is 37.4 Å². The first-order valence-electron chi connectivity index (χ1n) is 9.78. The Labute approximate surface area is 164 Å². The lowest BCUT2D eigenvalue weighted by atomic mass is 10.1. The fourth-order valence-corrected chi connectivity index (χ4v) is 4.50. The number of carbonyl (C=O) groups excluding carboxylic acids is 1. The fraction of sp³-hybridized carbons (Fsp3) is 0.550. The molecule has 2 aromatic rings. The number of aromatic nitrogens is 3. The number of rotatable bonds is 6. The van der Waals surface area contributed by atoms with Crippen LogP contribution in [0.3, 0.4) is 0 Å². The van der Waals surface area contributed by atoms with Gasteiger partial charge in [-0.05, 0) is 57.6 Å².